The Morgan fingerprint density at radius 2 is 1.81 bits per heavy atom. The van der Waals surface area contributed by atoms with Crippen molar-refractivity contribution in [1.29, 1.82) is 0 Å². The third kappa shape index (κ3) is 2.95. The highest BCUT2D eigenvalue weighted by atomic mass is 32.2. The average molecular weight is 383 g/mol. The van der Waals surface area contributed by atoms with E-state index in [2.05, 4.69) is 0 Å². The van der Waals surface area contributed by atoms with Gasteiger partial charge in [-0.15, -0.1) is 0 Å². The lowest BCUT2D eigenvalue weighted by atomic mass is 10.0. The zero-order valence-corrected chi connectivity index (χ0v) is 15.9. The molecule has 0 unspecified atom stereocenters. The Hall–Kier alpha value is -2.57. The van der Waals surface area contributed by atoms with Crippen molar-refractivity contribution < 1.29 is 18.3 Å². The number of hydrogen-bond acceptors (Lipinski definition) is 4. The molecule has 6 heteroatoms. The molecule has 27 heavy (non-hydrogen) atoms. The van der Waals surface area contributed by atoms with E-state index in [-0.39, 0.29) is 11.5 Å². The van der Waals surface area contributed by atoms with Gasteiger partial charge < -0.3 is 9.84 Å². The molecule has 1 aliphatic rings. The first-order valence-corrected chi connectivity index (χ1v) is 10.3. The highest BCUT2D eigenvalue weighted by Crippen LogP contribution is 2.37. The summed E-state index contributed by atoms with van der Waals surface area (Å²) in [5, 5.41) is 9.83. The highest BCUT2D eigenvalue weighted by Gasteiger charge is 2.28. The van der Waals surface area contributed by atoms with Gasteiger partial charge in [-0.2, -0.15) is 0 Å². The van der Waals surface area contributed by atoms with Crippen LogP contribution in [0.4, 0.5) is 0 Å². The van der Waals surface area contributed by atoms with Crippen LogP contribution in [-0.4, -0.2) is 24.6 Å². The van der Waals surface area contributed by atoms with E-state index in [4.69, 9.17) is 4.74 Å². The van der Waals surface area contributed by atoms with Crippen LogP contribution in [0.2, 0.25) is 0 Å². The minimum absolute atomic E-state index is 0.185. The molecule has 0 saturated heterocycles. The minimum atomic E-state index is -3.80. The molecule has 3 aromatic rings. The second kappa shape index (κ2) is 6.87. The smallest absolute Gasteiger partial charge is 0.268 e. The SMILES string of the molecule is COc1ccc(S(=O)(=O)n2cc(CO)c3c2-c2ccccc2CCC3)cc1. The standard InChI is InChI=1S/C21H21NO4S/c1-26-17-9-11-18(12-10-17)27(24,25)22-13-16(14-23)20-8-4-6-15-5-2-3-7-19(15)21(20)22/h2-3,5,7,9-13,23H,4,6,8,14H2,1H3. The van der Waals surface area contributed by atoms with Gasteiger partial charge in [-0.1, -0.05) is 24.3 Å². The molecule has 0 spiro atoms. The van der Waals surface area contributed by atoms with Crippen molar-refractivity contribution in [2.75, 3.05) is 7.11 Å². The van der Waals surface area contributed by atoms with Gasteiger partial charge in [0.15, 0.2) is 0 Å². The molecular formula is C21H21NO4S. The molecule has 5 nitrogen and oxygen atoms in total. The summed E-state index contributed by atoms with van der Waals surface area (Å²) in [6, 6.07) is 14.3. The number of aryl methyl sites for hydroxylation is 1. The molecule has 0 radical (unpaired) electrons. The molecule has 0 atom stereocenters. The summed E-state index contributed by atoms with van der Waals surface area (Å²) in [6.07, 6.45) is 4.11. The summed E-state index contributed by atoms with van der Waals surface area (Å²) in [5.41, 5.74) is 4.30. The third-order valence-electron chi connectivity index (χ3n) is 5.10. The minimum Gasteiger partial charge on any atom is -0.497 e. The number of rotatable bonds is 4. The fourth-order valence-corrected chi connectivity index (χ4v) is 5.16. The summed E-state index contributed by atoms with van der Waals surface area (Å²) in [7, 11) is -2.26. The van der Waals surface area contributed by atoms with Crippen LogP contribution in [0.3, 0.4) is 0 Å². The molecule has 2 aromatic carbocycles. The Morgan fingerprint density at radius 3 is 2.52 bits per heavy atom. The van der Waals surface area contributed by atoms with Gasteiger partial charge in [0, 0.05) is 17.3 Å². The van der Waals surface area contributed by atoms with Crippen LogP contribution in [0, 0.1) is 0 Å². The lowest BCUT2D eigenvalue weighted by Crippen LogP contribution is -2.14. The van der Waals surface area contributed by atoms with Crippen molar-refractivity contribution in [2.24, 2.45) is 0 Å². The largest absolute Gasteiger partial charge is 0.497 e. The van der Waals surface area contributed by atoms with Crippen LogP contribution in [0.5, 0.6) is 5.75 Å². The molecule has 1 aromatic heterocycles. The van der Waals surface area contributed by atoms with E-state index in [1.165, 1.54) is 3.97 Å². The predicted octanol–water partition coefficient (Wildman–Crippen LogP) is 3.38. The van der Waals surface area contributed by atoms with Gasteiger partial charge in [0.25, 0.3) is 10.0 Å². The van der Waals surface area contributed by atoms with Gasteiger partial charge in [0.1, 0.15) is 5.75 Å². The fraction of sp³-hybridized carbons (Fsp3) is 0.238. The summed E-state index contributed by atoms with van der Waals surface area (Å²) in [6.45, 7) is -0.185. The first kappa shape index (κ1) is 17.8. The third-order valence-corrected chi connectivity index (χ3v) is 6.77. The number of aromatic nitrogens is 1. The maximum absolute atomic E-state index is 13.4. The van der Waals surface area contributed by atoms with Gasteiger partial charge in [0.2, 0.25) is 0 Å². The summed E-state index contributed by atoms with van der Waals surface area (Å²) < 4.78 is 33.3. The Kier molecular flexibility index (Phi) is 4.53. The molecule has 140 valence electrons. The molecule has 1 N–H and O–H groups in total. The maximum Gasteiger partial charge on any atom is 0.268 e. The molecule has 1 heterocycles. The summed E-state index contributed by atoms with van der Waals surface area (Å²) in [5.74, 6) is 0.599. The fourth-order valence-electron chi connectivity index (χ4n) is 3.74. The van der Waals surface area contributed by atoms with Crippen molar-refractivity contribution in [3.05, 3.63) is 71.4 Å². The van der Waals surface area contributed by atoms with E-state index in [9.17, 15) is 13.5 Å². The average Bonchev–Trinajstić information content (AvgIpc) is 2.97. The predicted molar refractivity (Wildman–Crippen MR) is 103 cm³/mol. The van der Waals surface area contributed by atoms with Gasteiger partial charge in [-0.25, -0.2) is 12.4 Å². The van der Waals surface area contributed by atoms with E-state index in [1.807, 2.05) is 24.3 Å². The molecular weight excluding hydrogens is 362 g/mol. The van der Waals surface area contributed by atoms with E-state index in [0.29, 0.717) is 17.0 Å². The second-order valence-corrected chi connectivity index (χ2v) is 8.44. The molecule has 0 fully saturated rings. The van der Waals surface area contributed by atoms with E-state index >= 15 is 0 Å². The number of methoxy groups -OCH3 is 1. The Labute approximate surface area is 158 Å². The van der Waals surface area contributed by atoms with Gasteiger partial charge in [-0.05, 0) is 54.7 Å². The summed E-state index contributed by atoms with van der Waals surface area (Å²) in [4.78, 5) is 0.187. The monoisotopic (exact) mass is 383 g/mol. The molecule has 0 saturated carbocycles. The number of nitrogens with zero attached hydrogens (tertiary/aromatic N) is 1. The Bertz CT molecular complexity index is 1080. The number of benzene rings is 2. The van der Waals surface area contributed by atoms with Crippen molar-refractivity contribution in [3.63, 3.8) is 0 Å². The van der Waals surface area contributed by atoms with E-state index in [1.54, 1.807) is 37.6 Å². The Morgan fingerprint density at radius 1 is 1.07 bits per heavy atom. The zero-order valence-electron chi connectivity index (χ0n) is 15.1. The van der Waals surface area contributed by atoms with Crippen LogP contribution in [0.25, 0.3) is 11.3 Å². The zero-order chi connectivity index (χ0) is 19.0. The van der Waals surface area contributed by atoms with Crippen LogP contribution >= 0.6 is 0 Å². The first-order chi connectivity index (χ1) is 13.1. The highest BCUT2D eigenvalue weighted by molar-refractivity contribution is 7.90. The molecule has 0 bridgehead atoms. The number of fused-ring (bicyclic) bond motifs is 3. The number of aliphatic hydroxyl groups excluding tert-OH is 1. The lowest BCUT2D eigenvalue weighted by Gasteiger charge is -2.14. The number of ether oxygens (including phenoxy) is 1. The molecule has 1 aliphatic carbocycles. The van der Waals surface area contributed by atoms with E-state index in [0.717, 1.165) is 36.0 Å². The van der Waals surface area contributed by atoms with E-state index < -0.39 is 10.0 Å². The van der Waals surface area contributed by atoms with Gasteiger partial charge in [0.05, 0.1) is 24.3 Å². The van der Waals surface area contributed by atoms with Crippen LogP contribution < -0.4 is 4.74 Å². The summed E-state index contributed by atoms with van der Waals surface area (Å²) >= 11 is 0. The maximum atomic E-state index is 13.4. The van der Waals surface area contributed by atoms with Crippen LogP contribution in [0.15, 0.2) is 59.6 Å². The van der Waals surface area contributed by atoms with Gasteiger partial charge >= 0.3 is 0 Å². The first-order valence-electron chi connectivity index (χ1n) is 8.88. The van der Waals surface area contributed by atoms with Crippen molar-refractivity contribution in [1.82, 2.24) is 3.97 Å². The molecule has 0 amide bonds. The quantitative estimate of drug-likeness (QED) is 0.750. The van der Waals surface area contributed by atoms with Gasteiger partial charge in [-0.3, -0.25) is 0 Å². The van der Waals surface area contributed by atoms with Crippen LogP contribution in [-0.2, 0) is 29.5 Å². The van der Waals surface area contributed by atoms with Crippen molar-refractivity contribution >= 4 is 10.0 Å². The van der Waals surface area contributed by atoms with Crippen molar-refractivity contribution in [2.45, 2.75) is 30.8 Å². The second-order valence-electron chi connectivity index (χ2n) is 6.63. The lowest BCUT2D eigenvalue weighted by molar-refractivity contribution is 0.281. The normalized spacial score (nSPS) is 13.6. The number of aliphatic hydroxyl groups is 1. The topological polar surface area (TPSA) is 68.5 Å². The Balaban J connectivity index is 1.96. The van der Waals surface area contributed by atoms with Crippen LogP contribution in [0.1, 0.15) is 23.1 Å². The van der Waals surface area contributed by atoms with Crippen molar-refractivity contribution in [3.8, 4) is 17.0 Å². The number of hydrogen-bond donors (Lipinski definition) is 1. The molecule has 0 aliphatic heterocycles. The molecule has 4 rings (SSSR count).